The normalized spacial score (nSPS) is 10.7. The minimum Gasteiger partial charge on any atom is -0.373 e. The fourth-order valence-corrected chi connectivity index (χ4v) is 2.08. The van der Waals surface area contributed by atoms with Crippen LogP contribution in [0.25, 0.3) is 0 Å². The zero-order valence-corrected chi connectivity index (χ0v) is 13.2. The molecule has 1 amide bonds. The van der Waals surface area contributed by atoms with Crippen LogP contribution in [0.2, 0.25) is 0 Å². The van der Waals surface area contributed by atoms with E-state index in [4.69, 9.17) is 0 Å². The summed E-state index contributed by atoms with van der Waals surface area (Å²) in [6.07, 6.45) is 0.982. The molecule has 0 fully saturated rings. The highest BCUT2D eigenvalue weighted by molar-refractivity contribution is 5.95. The fraction of sp³-hybridized carbons (Fsp3) is 0.600. The molecule has 0 aliphatic heterocycles. The van der Waals surface area contributed by atoms with Crippen LogP contribution in [0.1, 0.15) is 29.4 Å². The lowest BCUT2D eigenvalue weighted by molar-refractivity contribution is 0.0759. The smallest absolute Gasteiger partial charge is 0.254 e. The van der Waals surface area contributed by atoms with E-state index in [0.29, 0.717) is 5.56 Å². The molecule has 112 valence electrons. The first kappa shape index (κ1) is 16.4. The molecule has 0 saturated carbocycles. The number of hydrogen-bond acceptors (Lipinski definition) is 4. The van der Waals surface area contributed by atoms with E-state index in [0.717, 1.165) is 37.6 Å². The summed E-state index contributed by atoms with van der Waals surface area (Å²) in [4.78, 5) is 20.9. The van der Waals surface area contributed by atoms with Crippen molar-refractivity contribution in [3.8, 4) is 0 Å². The molecule has 0 saturated heterocycles. The number of amides is 1. The van der Waals surface area contributed by atoms with E-state index >= 15 is 0 Å². The molecule has 0 spiro atoms. The van der Waals surface area contributed by atoms with E-state index in [1.807, 2.05) is 52.0 Å². The molecule has 0 atom stereocenters. The topological polar surface area (TPSA) is 48.5 Å². The third-order valence-corrected chi connectivity index (χ3v) is 3.16. The largest absolute Gasteiger partial charge is 0.373 e. The first-order valence-electron chi connectivity index (χ1n) is 7.08. The number of aryl methyl sites for hydroxylation is 1. The molecular formula is C15H26N4O. The average molecular weight is 278 g/mol. The molecule has 1 aromatic heterocycles. The number of hydrogen-bond donors (Lipinski definition) is 1. The van der Waals surface area contributed by atoms with Gasteiger partial charge in [-0.1, -0.05) is 0 Å². The van der Waals surface area contributed by atoms with E-state index < -0.39 is 0 Å². The number of rotatable bonds is 7. The number of anilines is 1. The Morgan fingerprint density at radius 1 is 1.30 bits per heavy atom. The summed E-state index contributed by atoms with van der Waals surface area (Å²) in [6, 6.07) is 3.65. The van der Waals surface area contributed by atoms with Crippen molar-refractivity contribution in [1.82, 2.24) is 14.8 Å². The predicted molar refractivity (Wildman–Crippen MR) is 83.3 cm³/mol. The minimum absolute atomic E-state index is 0.0771. The Balaban J connectivity index is 2.77. The van der Waals surface area contributed by atoms with Crippen molar-refractivity contribution in [2.75, 3.05) is 46.1 Å². The first-order valence-corrected chi connectivity index (χ1v) is 7.08. The molecule has 0 aliphatic rings. The van der Waals surface area contributed by atoms with Crippen molar-refractivity contribution in [2.45, 2.75) is 20.3 Å². The Labute approximate surface area is 122 Å². The van der Waals surface area contributed by atoms with Gasteiger partial charge in [-0.05, 0) is 53.0 Å². The molecule has 0 radical (unpaired) electrons. The van der Waals surface area contributed by atoms with Crippen LogP contribution >= 0.6 is 0 Å². The molecule has 20 heavy (non-hydrogen) atoms. The minimum atomic E-state index is 0.0771. The standard InChI is InChI=1S/C15H26N4O/c1-6-19(9-7-8-18(4)5)15(20)13-10-12(2)17-14(11-13)16-3/h10-11H,6-9H2,1-5H3,(H,16,17). The number of pyridine rings is 1. The van der Waals surface area contributed by atoms with Gasteiger partial charge in [0.05, 0.1) is 0 Å². The SMILES string of the molecule is CCN(CCCN(C)C)C(=O)c1cc(C)nc(NC)c1. The van der Waals surface area contributed by atoms with Crippen LogP contribution < -0.4 is 5.32 Å². The van der Waals surface area contributed by atoms with Crippen LogP contribution in [0, 0.1) is 6.92 Å². The molecule has 5 heteroatoms. The third kappa shape index (κ3) is 4.81. The van der Waals surface area contributed by atoms with Crippen LogP contribution in [-0.4, -0.2) is 61.5 Å². The lowest BCUT2D eigenvalue weighted by atomic mass is 10.2. The van der Waals surface area contributed by atoms with Gasteiger partial charge in [-0.15, -0.1) is 0 Å². The zero-order chi connectivity index (χ0) is 15.1. The highest BCUT2D eigenvalue weighted by atomic mass is 16.2. The summed E-state index contributed by atoms with van der Waals surface area (Å²) >= 11 is 0. The van der Waals surface area contributed by atoms with E-state index in [1.165, 1.54) is 0 Å². The predicted octanol–water partition coefficient (Wildman–Crippen LogP) is 1.85. The van der Waals surface area contributed by atoms with Gasteiger partial charge in [-0.3, -0.25) is 4.79 Å². The maximum Gasteiger partial charge on any atom is 0.254 e. The summed E-state index contributed by atoms with van der Waals surface area (Å²) in [5.74, 6) is 0.811. The van der Waals surface area contributed by atoms with Gasteiger partial charge >= 0.3 is 0 Å². The Bertz CT molecular complexity index is 445. The molecular weight excluding hydrogens is 252 g/mol. The molecule has 1 N–H and O–H groups in total. The van der Waals surface area contributed by atoms with E-state index in [2.05, 4.69) is 15.2 Å². The van der Waals surface area contributed by atoms with Gasteiger partial charge in [-0.2, -0.15) is 0 Å². The van der Waals surface area contributed by atoms with E-state index in [-0.39, 0.29) is 5.91 Å². The van der Waals surface area contributed by atoms with Crippen molar-refractivity contribution in [1.29, 1.82) is 0 Å². The van der Waals surface area contributed by atoms with Gasteiger partial charge in [0.25, 0.3) is 5.91 Å². The fourth-order valence-electron chi connectivity index (χ4n) is 2.08. The van der Waals surface area contributed by atoms with Crippen molar-refractivity contribution >= 4 is 11.7 Å². The average Bonchev–Trinajstić information content (AvgIpc) is 2.41. The van der Waals surface area contributed by atoms with Gasteiger partial charge in [0.2, 0.25) is 0 Å². The molecule has 1 aromatic rings. The van der Waals surface area contributed by atoms with Crippen molar-refractivity contribution < 1.29 is 4.79 Å². The molecule has 0 unspecified atom stereocenters. The summed E-state index contributed by atoms with van der Waals surface area (Å²) in [5.41, 5.74) is 1.55. The Morgan fingerprint density at radius 2 is 2.00 bits per heavy atom. The highest BCUT2D eigenvalue weighted by Crippen LogP contribution is 2.12. The second-order valence-corrected chi connectivity index (χ2v) is 5.17. The molecule has 1 rings (SSSR count). The van der Waals surface area contributed by atoms with Gasteiger partial charge in [0.1, 0.15) is 5.82 Å². The van der Waals surface area contributed by atoms with Crippen molar-refractivity contribution in [2.24, 2.45) is 0 Å². The Hall–Kier alpha value is -1.62. The van der Waals surface area contributed by atoms with Crippen LogP contribution in [0.3, 0.4) is 0 Å². The van der Waals surface area contributed by atoms with Crippen LogP contribution in [0.5, 0.6) is 0 Å². The van der Waals surface area contributed by atoms with Crippen molar-refractivity contribution in [3.63, 3.8) is 0 Å². The maximum absolute atomic E-state index is 12.5. The maximum atomic E-state index is 12.5. The quantitative estimate of drug-likeness (QED) is 0.827. The summed E-state index contributed by atoms with van der Waals surface area (Å²) in [6.45, 7) is 6.41. The van der Waals surface area contributed by atoms with Gasteiger partial charge in [0, 0.05) is 31.4 Å². The number of carbonyl (C=O) groups excluding carboxylic acids is 1. The lowest BCUT2D eigenvalue weighted by Gasteiger charge is -2.22. The summed E-state index contributed by atoms with van der Waals surface area (Å²) < 4.78 is 0. The van der Waals surface area contributed by atoms with Crippen LogP contribution in [-0.2, 0) is 0 Å². The van der Waals surface area contributed by atoms with Crippen molar-refractivity contribution in [3.05, 3.63) is 23.4 Å². The van der Waals surface area contributed by atoms with E-state index in [9.17, 15) is 4.79 Å². The molecule has 1 heterocycles. The lowest BCUT2D eigenvalue weighted by Crippen LogP contribution is -2.33. The second kappa shape index (κ2) is 7.85. The van der Waals surface area contributed by atoms with Crippen LogP contribution in [0.15, 0.2) is 12.1 Å². The molecule has 0 bridgehead atoms. The van der Waals surface area contributed by atoms with E-state index in [1.54, 1.807) is 0 Å². The second-order valence-electron chi connectivity index (χ2n) is 5.17. The van der Waals surface area contributed by atoms with Crippen LogP contribution in [0.4, 0.5) is 5.82 Å². The molecule has 0 aliphatic carbocycles. The highest BCUT2D eigenvalue weighted by Gasteiger charge is 2.15. The van der Waals surface area contributed by atoms with Gasteiger partial charge < -0.3 is 15.1 Å². The van der Waals surface area contributed by atoms with Gasteiger partial charge in [-0.25, -0.2) is 4.98 Å². The summed E-state index contributed by atoms with van der Waals surface area (Å²) in [7, 11) is 5.90. The molecule has 0 aromatic carbocycles. The number of nitrogens with zero attached hydrogens (tertiary/aromatic N) is 3. The zero-order valence-electron chi connectivity index (χ0n) is 13.2. The monoisotopic (exact) mass is 278 g/mol. The Kier molecular flexibility index (Phi) is 6.45. The molecule has 5 nitrogen and oxygen atoms in total. The van der Waals surface area contributed by atoms with Gasteiger partial charge in [0.15, 0.2) is 0 Å². The first-order chi connectivity index (χ1) is 9.47. The number of carbonyl (C=O) groups is 1. The summed E-state index contributed by atoms with van der Waals surface area (Å²) in [5, 5.41) is 2.99. The number of nitrogens with one attached hydrogen (secondary N) is 1. The Morgan fingerprint density at radius 3 is 2.55 bits per heavy atom. The third-order valence-electron chi connectivity index (χ3n) is 3.16. The number of aromatic nitrogens is 1.